The molecule has 2 N–H and O–H groups in total. The molecule has 0 aromatic heterocycles. The number of benzene rings is 1. The second-order valence-corrected chi connectivity index (χ2v) is 4.11. The standard InChI is InChI=1S/C14H18FNO4/c1-2-20-13(18)9-12(16-7-8-17)14(19)10-3-5-11(15)6-4-10/h3-6,12,16-17H,2,7-9H2,1H3. The summed E-state index contributed by atoms with van der Waals surface area (Å²) in [6.07, 6.45) is -0.135. The Morgan fingerprint density at radius 2 is 2.00 bits per heavy atom. The van der Waals surface area contributed by atoms with Crippen LogP contribution >= 0.6 is 0 Å². The molecule has 0 aliphatic rings. The second-order valence-electron chi connectivity index (χ2n) is 4.11. The van der Waals surface area contributed by atoms with Gasteiger partial charge in [0.1, 0.15) is 5.82 Å². The Labute approximate surface area is 116 Å². The van der Waals surface area contributed by atoms with Crippen LogP contribution in [0.25, 0.3) is 0 Å². The number of Topliss-reactive ketones (excluding diaryl/α,β-unsaturated/α-hetero) is 1. The van der Waals surface area contributed by atoms with Gasteiger partial charge < -0.3 is 15.2 Å². The quantitative estimate of drug-likeness (QED) is 0.548. The number of ketones is 1. The van der Waals surface area contributed by atoms with Crippen LogP contribution < -0.4 is 5.32 Å². The molecule has 1 atom stereocenters. The van der Waals surface area contributed by atoms with Crippen molar-refractivity contribution in [3.63, 3.8) is 0 Å². The molecule has 0 fully saturated rings. The van der Waals surface area contributed by atoms with Crippen LogP contribution in [0.1, 0.15) is 23.7 Å². The van der Waals surface area contributed by atoms with Crippen LogP contribution in [0, 0.1) is 5.82 Å². The molecule has 5 nitrogen and oxygen atoms in total. The molecule has 6 heteroatoms. The van der Waals surface area contributed by atoms with Crippen LogP contribution in [0.4, 0.5) is 4.39 Å². The first kappa shape index (κ1) is 16.3. The molecule has 110 valence electrons. The van der Waals surface area contributed by atoms with Crippen LogP contribution in [0.15, 0.2) is 24.3 Å². The molecule has 1 aromatic rings. The highest BCUT2D eigenvalue weighted by Gasteiger charge is 2.23. The van der Waals surface area contributed by atoms with Gasteiger partial charge in [-0.1, -0.05) is 0 Å². The maximum absolute atomic E-state index is 12.8. The molecule has 0 spiro atoms. The number of hydrogen-bond acceptors (Lipinski definition) is 5. The molecule has 0 saturated carbocycles. The van der Waals surface area contributed by atoms with Crippen molar-refractivity contribution in [2.24, 2.45) is 0 Å². The van der Waals surface area contributed by atoms with Crippen molar-refractivity contribution in [3.05, 3.63) is 35.6 Å². The average Bonchev–Trinajstić information content (AvgIpc) is 2.44. The van der Waals surface area contributed by atoms with E-state index in [1.807, 2.05) is 0 Å². The van der Waals surface area contributed by atoms with Crippen molar-refractivity contribution in [1.82, 2.24) is 5.32 Å². The average molecular weight is 283 g/mol. The molecule has 20 heavy (non-hydrogen) atoms. The molecule has 0 radical (unpaired) electrons. The Kier molecular flexibility index (Phi) is 6.83. The molecule has 0 amide bonds. The van der Waals surface area contributed by atoms with E-state index in [-0.39, 0.29) is 32.0 Å². The van der Waals surface area contributed by atoms with E-state index in [0.717, 1.165) is 0 Å². The maximum Gasteiger partial charge on any atom is 0.307 e. The number of hydrogen-bond donors (Lipinski definition) is 2. The summed E-state index contributed by atoms with van der Waals surface area (Å²) in [5, 5.41) is 11.6. The van der Waals surface area contributed by atoms with Gasteiger partial charge in [-0.25, -0.2) is 4.39 Å². The summed E-state index contributed by atoms with van der Waals surface area (Å²) in [6, 6.07) is 4.28. The van der Waals surface area contributed by atoms with Gasteiger partial charge >= 0.3 is 5.97 Å². The Hall–Kier alpha value is -1.79. The summed E-state index contributed by atoms with van der Waals surface area (Å²) in [4.78, 5) is 23.7. The Bertz CT molecular complexity index is 447. The molecular weight excluding hydrogens is 265 g/mol. The van der Waals surface area contributed by atoms with Crippen molar-refractivity contribution in [1.29, 1.82) is 0 Å². The van der Waals surface area contributed by atoms with Gasteiger partial charge in [-0.05, 0) is 31.2 Å². The fourth-order valence-corrected chi connectivity index (χ4v) is 1.70. The third-order valence-corrected chi connectivity index (χ3v) is 2.62. The molecule has 0 bridgehead atoms. The van der Waals surface area contributed by atoms with Gasteiger partial charge in [-0.15, -0.1) is 0 Å². The third-order valence-electron chi connectivity index (χ3n) is 2.62. The summed E-state index contributed by atoms with van der Waals surface area (Å²) in [7, 11) is 0. The SMILES string of the molecule is CCOC(=O)CC(NCCO)C(=O)c1ccc(F)cc1. The van der Waals surface area contributed by atoms with E-state index in [0.29, 0.717) is 5.56 Å². The fourth-order valence-electron chi connectivity index (χ4n) is 1.70. The topological polar surface area (TPSA) is 75.6 Å². The number of esters is 1. The lowest BCUT2D eigenvalue weighted by molar-refractivity contribution is -0.143. The first-order chi connectivity index (χ1) is 9.58. The Morgan fingerprint density at radius 1 is 1.35 bits per heavy atom. The van der Waals surface area contributed by atoms with Crippen molar-refractivity contribution >= 4 is 11.8 Å². The first-order valence-electron chi connectivity index (χ1n) is 6.38. The zero-order valence-corrected chi connectivity index (χ0v) is 11.3. The lowest BCUT2D eigenvalue weighted by atomic mass is 10.0. The van der Waals surface area contributed by atoms with Crippen molar-refractivity contribution in [3.8, 4) is 0 Å². The summed E-state index contributed by atoms with van der Waals surface area (Å²) < 4.78 is 17.6. The van der Waals surface area contributed by atoms with E-state index in [9.17, 15) is 14.0 Å². The van der Waals surface area contributed by atoms with Gasteiger partial charge in [-0.2, -0.15) is 0 Å². The Balaban J connectivity index is 2.77. The molecule has 0 heterocycles. The number of aliphatic hydroxyl groups is 1. The van der Waals surface area contributed by atoms with Gasteiger partial charge in [0, 0.05) is 12.1 Å². The second kappa shape index (κ2) is 8.39. The molecule has 0 aliphatic carbocycles. The first-order valence-corrected chi connectivity index (χ1v) is 6.38. The lowest BCUT2D eigenvalue weighted by Crippen LogP contribution is -2.40. The van der Waals surface area contributed by atoms with E-state index in [1.165, 1.54) is 24.3 Å². The molecule has 1 aromatic carbocycles. The third kappa shape index (κ3) is 5.07. The van der Waals surface area contributed by atoms with Gasteiger partial charge in [0.2, 0.25) is 0 Å². The minimum atomic E-state index is -0.799. The molecular formula is C14H18FNO4. The zero-order valence-electron chi connectivity index (χ0n) is 11.3. The zero-order chi connectivity index (χ0) is 15.0. The maximum atomic E-state index is 12.8. The summed E-state index contributed by atoms with van der Waals surface area (Å²) in [5.74, 6) is -1.28. The van der Waals surface area contributed by atoms with Crippen LogP contribution in [-0.2, 0) is 9.53 Å². The van der Waals surface area contributed by atoms with E-state index in [1.54, 1.807) is 6.92 Å². The number of aliphatic hydroxyl groups excluding tert-OH is 1. The highest BCUT2D eigenvalue weighted by Crippen LogP contribution is 2.09. The van der Waals surface area contributed by atoms with Crippen molar-refractivity contribution < 1.29 is 23.8 Å². The minimum absolute atomic E-state index is 0.135. The highest BCUT2D eigenvalue weighted by atomic mass is 19.1. The molecule has 1 unspecified atom stereocenters. The largest absolute Gasteiger partial charge is 0.466 e. The van der Waals surface area contributed by atoms with Crippen LogP contribution in [-0.4, -0.2) is 42.7 Å². The number of halogens is 1. The minimum Gasteiger partial charge on any atom is -0.466 e. The van der Waals surface area contributed by atoms with Crippen molar-refractivity contribution in [2.75, 3.05) is 19.8 Å². The Morgan fingerprint density at radius 3 is 2.55 bits per heavy atom. The number of carbonyl (C=O) groups excluding carboxylic acids is 2. The molecule has 0 aliphatic heterocycles. The predicted octanol–water partition coefficient (Wildman–Crippen LogP) is 0.912. The number of carbonyl (C=O) groups is 2. The normalized spacial score (nSPS) is 11.9. The summed E-state index contributed by atoms with van der Waals surface area (Å²) in [5.41, 5.74) is 0.297. The van der Waals surface area contributed by atoms with Crippen LogP contribution in [0.5, 0.6) is 0 Å². The summed E-state index contributed by atoms with van der Waals surface area (Å²) in [6.45, 7) is 1.93. The molecule has 1 rings (SSSR count). The lowest BCUT2D eigenvalue weighted by Gasteiger charge is -2.16. The highest BCUT2D eigenvalue weighted by molar-refractivity contribution is 6.01. The van der Waals surface area contributed by atoms with Crippen LogP contribution in [0.2, 0.25) is 0 Å². The monoisotopic (exact) mass is 283 g/mol. The van der Waals surface area contributed by atoms with Gasteiger partial charge in [0.25, 0.3) is 0 Å². The van der Waals surface area contributed by atoms with Gasteiger partial charge in [-0.3, -0.25) is 9.59 Å². The van der Waals surface area contributed by atoms with Gasteiger partial charge in [0.05, 0.1) is 25.7 Å². The number of rotatable bonds is 8. The number of ether oxygens (including phenoxy) is 1. The van der Waals surface area contributed by atoms with Crippen molar-refractivity contribution in [2.45, 2.75) is 19.4 Å². The van der Waals surface area contributed by atoms with E-state index < -0.39 is 17.8 Å². The van der Waals surface area contributed by atoms with Gasteiger partial charge in [0.15, 0.2) is 5.78 Å². The summed E-state index contributed by atoms with van der Waals surface area (Å²) >= 11 is 0. The molecule has 0 saturated heterocycles. The number of nitrogens with one attached hydrogen (secondary N) is 1. The smallest absolute Gasteiger partial charge is 0.307 e. The van der Waals surface area contributed by atoms with E-state index in [2.05, 4.69) is 5.32 Å². The van der Waals surface area contributed by atoms with Crippen LogP contribution in [0.3, 0.4) is 0 Å². The van der Waals surface area contributed by atoms with E-state index >= 15 is 0 Å². The fraction of sp³-hybridized carbons (Fsp3) is 0.429. The predicted molar refractivity (Wildman–Crippen MR) is 70.9 cm³/mol. The van der Waals surface area contributed by atoms with E-state index in [4.69, 9.17) is 9.84 Å².